The molecule has 3 N–H and O–H groups in total. The minimum absolute atomic E-state index is 0.0353. The molecule has 0 saturated heterocycles. The number of nitrogens with two attached hydrogens (primary N) is 1. The lowest BCUT2D eigenvalue weighted by molar-refractivity contribution is -0.286. The van der Waals surface area contributed by atoms with Crippen molar-refractivity contribution in [2.45, 2.75) is 18.5 Å². The average molecular weight is 324 g/mol. The normalized spacial score (nSPS) is 17.6. The van der Waals surface area contributed by atoms with Crippen molar-refractivity contribution in [2.75, 3.05) is 4.72 Å². The quantitative estimate of drug-likeness (QED) is 0.814. The Morgan fingerprint density at radius 2 is 2.00 bits per heavy atom. The van der Waals surface area contributed by atoms with Crippen molar-refractivity contribution in [1.82, 2.24) is 0 Å². The number of rotatable bonds is 4. The summed E-state index contributed by atoms with van der Waals surface area (Å²) in [6, 6.07) is 3.51. The van der Waals surface area contributed by atoms with E-state index in [1.165, 1.54) is 19.1 Å². The van der Waals surface area contributed by atoms with Crippen molar-refractivity contribution in [2.24, 2.45) is 5.73 Å². The second kappa shape index (κ2) is 4.70. The standard InChI is InChI=1S/C10H10F2N2O4S2/c1-5(9(13)19)20(15,16)14-6-2-3-7-8(4-6)18-10(11,12)17-7/h2-5,14H,1H3,(H2,13,19). The number of hydrogen-bond donors (Lipinski definition) is 2. The third kappa shape index (κ3) is 2.90. The Bertz CT molecular complexity index is 663. The van der Waals surface area contributed by atoms with Crippen molar-refractivity contribution >= 4 is 32.9 Å². The predicted molar refractivity (Wildman–Crippen MR) is 71.4 cm³/mol. The van der Waals surface area contributed by atoms with E-state index >= 15 is 0 Å². The number of nitrogens with one attached hydrogen (secondary N) is 1. The average Bonchev–Trinajstić information content (AvgIpc) is 2.60. The van der Waals surface area contributed by atoms with Crippen molar-refractivity contribution in [3.63, 3.8) is 0 Å². The van der Waals surface area contributed by atoms with E-state index < -0.39 is 21.6 Å². The number of benzene rings is 1. The van der Waals surface area contributed by atoms with Gasteiger partial charge in [-0.25, -0.2) is 8.42 Å². The highest BCUT2D eigenvalue weighted by Gasteiger charge is 2.43. The number of ether oxygens (including phenoxy) is 2. The van der Waals surface area contributed by atoms with E-state index in [1.807, 2.05) is 0 Å². The van der Waals surface area contributed by atoms with Crippen LogP contribution in [0, 0.1) is 0 Å². The molecule has 1 aliphatic rings. The zero-order valence-corrected chi connectivity index (χ0v) is 11.7. The Kier molecular flexibility index (Phi) is 3.46. The maximum Gasteiger partial charge on any atom is 0.586 e. The Morgan fingerprint density at radius 3 is 2.60 bits per heavy atom. The van der Waals surface area contributed by atoms with Crippen LogP contribution in [-0.4, -0.2) is 25.0 Å². The monoisotopic (exact) mass is 324 g/mol. The van der Waals surface area contributed by atoms with Gasteiger partial charge in [-0.1, -0.05) is 12.2 Å². The molecular weight excluding hydrogens is 314 g/mol. The predicted octanol–water partition coefficient (Wildman–Crippen LogP) is 1.42. The first-order chi connectivity index (χ1) is 9.11. The van der Waals surface area contributed by atoms with Crippen LogP contribution in [-0.2, 0) is 10.0 Å². The third-order valence-electron chi connectivity index (χ3n) is 2.53. The third-order valence-corrected chi connectivity index (χ3v) is 4.74. The topological polar surface area (TPSA) is 90.7 Å². The largest absolute Gasteiger partial charge is 0.586 e. The van der Waals surface area contributed by atoms with E-state index in [4.69, 9.17) is 5.73 Å². The number of thiocarbonyl (C=S) groups is 1. The van der Waals surface area contributed by atoms with Gasteiger partial charge in [0.05, 0.1) is 10.7 Å². The highest BCUT2D eigenvalue weighted by molar-refractivity contribution is 7.95. The molecule has 0 spiro atoms. The van der Waals surface area contributed by atoms with E-state index in [1.54, 1.807) is 0 Å². The zero-order chi connectivity index (χ0) is 15.1. The van der Waals surface area contributed by atoms with Crippen LogP contribution in [0.25, 0.3) is 0 Å². The van der Waals surface area contributed by atoms with Crippen molar-refractivity contribution < 1.29 is 26.7 Å². The highest BCUT2D eigenvalue weighted by atomic mass is 32.2. The van der Waals surface area contributed by atoms with Gasteiger partial charge in [0, 0.05) is 6.07 Å². The SMILES string of the molecule is CC(C(N)=S)S(=O)(=O)Nc1ccc2c(c1)OC(F)(F)O2. The van der Waals surface area contributed by atoms with Crippen molar-refractivity contribution in [1.29, 1.82) is 0 Å². The molecule has 2 rings (SSSR count). The number of alkyl halides is 2. The molecule has 20 heavy (non-hydrogen) atoms. The maximum absolute atomic E-state index is 12.8. The fourth-order valence-corrected chi connectivity index (χ4v) is 2.74. The molecule has 0 fully saturated rings. The molecule has 1 atom stereocenters. The molecule has 6 nitrogen and oxygen atoms in total. The molecule has 110 valence electrons. The van der Waals surface area contributed by atoms with Crippen LogP contribution in [0.3, 0.4) is 0 Å². The molecule has 0 radical (unpaired) electrons. The summed E-state index contributed by atoms with van der Waals surface area (Å²) in [6.45, 7) is 1.31. The lowest BCUT2D eigenvalue weighted by atomic mass is 10.3. The summed E-state index contributed by atoms with van der Waals surface area (Å²) in [7, 11) is -3.86. The van der Waals surface area contributed by atoms with Crippen LogP contribution < -0.4 is 19.9 Å². The molecule has 0 saturated carbocycles. The summed E-state index contributed by atoms with van der Waals surface area (Å²) in [4.78, 5) is -0.204. The second-order valence-corrected chi connectivity index (χ2v) is 6.49. The molecule has 0 bridgehead atoms. The van der Waals surface area contributed by atoms with Gasteiger partial charge in [-0.3, -0.25) is 4.72 Å². The van der Waals surface area contributed by atoms with E-state index in [0.29, 0.717) is 0 Å². The minimum atomic E-state index is -3.86. The fraction of sp³-hybridized carbons (Fsp3) is 0.300. The molecule has 1 heterocycles. The number of fused-ring (bicyclic) bond motifs is 1. The highest BCUT2D eigenvalue weighted by Crippen LogP contribution is 2.42. The Balaban J connectivity index is 2.23. The summed E-state index contributed by atoms with van der Waals surface area (Å²) in [6.07, 6.45) is -3.76. The molecule has 10 heteroatoms. The first-order valence-corrected chi connectivity index (χ1v) is 7.27. The van der Waals surface area contributed by atoms with Gasteiger partial charge in [-0.15, -0.1) is 8.78 Å². The Labute approximate surface area is 118 Å². The van der Waals surface area contributed by atoms with E-state index in [2.05, 4.69) is 26.4 Å². The van der Waals surface area contributed by atoms with Gasteiger partial charge in [0.25, 0.3) is 0 Å². The molecule has 0 amide bonds. The van der Waals surface area contributed by atoms with Crippen molar-refractivity contribution in [3.05, 3.63) is 18.2 Å². The van der Waals surface area contributed by atoms with Crippen LogP contribution >= 0.6 is 12.2 Å². The number of hydrogen-bond acceptors (Lipinski definition) is 5. The van der Waals surface area contributed by atoms with E-state index in [-0.39, 0.29) is 22.2 Å². The van der Waals surface area contributed by atoms with Crippen LogP contribution in [0.1, 0.15) is 6.92 Å². The van der Waals surface area contributed by atoms with Gasteiger partial charge in [-0.05, 0) is 19.1 Å². The molecule has 0 aromatic heterocycles. The Hall–Kier alpha value is -1.68. The summed E-state index contributed by atoms with van der Waals surface area (Å²) in [5.41, 5.74) is 5.31. The van der Waals surface area contributed by atoms with Gasteiger partial charge in [0.2, 0.25) is 10.0 Å². The van der Waals surface area contributed by atoms with Gasteiger partial charge in [0.15, 0.2) is 11.5 Å². The summed E-state index contributed by atoms with van der Waals surface area (Å²) >= 11 is 4.61. The Morgan fingerprint density at radius 1 is 1.40 bits per heavy atom. The minimum Gasteiger partial charge on any atom is -0.395 e. The van der Waals surface area contributed by atoms with Crippen LogP contribution in [0.15, 0.2) is 18.2 Å². The maximum atomic E-state index is 12.8. The molecule has 1 aromatic carbocycles. The lowest BCUT2D eigenvalue weighted by Gasteiger charge is -2.13. The van der Waals surface area contributed by atoms with Gasteiger partial charge in [-0.2, -0.15) is 0 Å². The van der Waals surface area contributed by atoms with Crippen LogP contribution in [0.5, 0.6) is 11.5 Å². The number of halogens is 2. The van der Waals surface area contributed by atoms with E-state index in [9.17, 15) is 17.2 Å². The van der Waals surface area contributed by atoms with Crippen LogP contribution in [0.2, 0.25) is 0 Å². The fourth-order valence-electron chi connectivity index (χ4n) is 1.42. The van der Waals surface area contributed by atoms with Crippen LogP contribution in [0.4, 0.5) is 14.5 Å². The smallest absolute Gasteiger partial charge is 0.395 e. The van der Waals surface area contributed by atoms with Gasteiger partial charge in [0.1, 0.15) is 5.25 Å². The number of anilines is 1. The number of sulfonamides is 1. The summed E-state index contributed by atoms with van der Waals surface area (Å²) in [5, 5.41) is -1.11. The molecule has 1 aliphatic heterocycles. The first-order valence-electron chi connectivity index (χ1n) is 5.31. The van der Waals surface area contributed by atoms with Gasteiger partial charge >= 0.3 is 6.29 Å². The second-order valence-electron chi connectivity index (χ2n) is 4.02. The lowest BCUT2D eigenvalue weighted by Crippen LogP contribution is -2.35. The van der Waals surface area contributed by atoms with E-state index in [0.717, 1.165) is 6.07 Å². The first kappa shape index (κ1) is 14.7. The summed E-state index contributed by atoms with van der Waals surface area (Å²) in [5.74, 6) is -0.446. The van der Waals surface area contributed by atoms with Gasteiger partial charge < -0.3 is 15.2 Å². The zero-order valence-electron chi connectivity index (χ0n) is 10.1. The molecular formula is C10H10F2N2O4S2. The molecule has 1 unspecified atom stereocenters. The molecule has 0 aliphatic carbocycles. The molecule has 1 aromatic rings. The summed E-state index contributed by atoms with van der Waals surface area (Å²) < 4.78 is 60.0. The van der Waals surface area contributed by atoms with Crippen molar-refractivity contribution in [3.8, 4) is 11.5 Å².